The van der Waals surface area contributed by atoms with Crippen LogP contribution in [0, 0.1) is 5.82 Å². The van der Waals surface area contributed by atoms with Crippen molar-refractivity contribution in [1.29, 1.82) is 0 Å². The van der Waals surface area contributed by atoms with Crippen molar-refractivity contribution in [2.24, 2.45) is 0 Å². The van der Waals surface area contributed by atoms with Crippen LogP contribution in [0.3, 0.4) is 0 Å². The van der Waals surface area contributed by atoms with Crippen LogP contribution >= 0.6 is 0 Å². The number of rotatable bonds is 5. The molecule has 7 heteroatoms. The fourth-order valence-corrected chi connectivity index (χ4v) is 2.23. The Labute approximate surface area is 137 Å². The molecule has 0 saturated carbocycles. The predicted molar refractivity (Wildman–Crippen MR) is 85.1 cm³/mol. The van der Waals surface area contributed by atoms with Crippen molar-refractivity contribution in [2.45, 2.75) is 6.10 Å². The van der Waals surface area contributed by atoms with Gasteiger partial charge >= 0.3 is 0 Å². The zero-order chi connectivity index (χ0) is 16.9. The van der Waals surface area contributed by atoms with Crippen molar-refractivity contribution in [1.82, 2.24) is 20.3 Å². The number of carbonyl (C=O) groups is 1. The van der Waals surface area contributed by atoms with E-state index in [1.807, 2.05) is 0 Å². The molecule has 3 aromatic rings. The molecule has 1 heterocycles. The van der Waals surface area contributed by atoms with E-state index in [9.17, 15) is 14.3 Å². The summed E-state index contributed by atoms with van der Waals surface area (Å²) in [5.41, 5.74) is 1.68. The molecule has 0 aliphatic carbocycles. The summed E-state index contributed by atoms with van der Waals surface area (Å²) in [7, 11) is 0. The summed E-state index contributed by atoms with van der Waals surface area (Å²) in [6.07, 6.45) is 2.31. The van der Waals surface area contributed by atoms with Gasteiger partial charge in [-0.1, -0.05) is 23.4 Å². The number of halogens is 1. The molecule has 0 saturated heterocycles. The van der Waals surface area contributed by atoms with Gasteiger partial charge in [-0.15, -0.1) is 5.10 Å². The third kappa shape index (κ3) is 3.64. The monoisotopic (exact) mass is 326 g/mol. The Kier molecular flexibility index (Phi) is 4.62. The van der Waals surface area contributed by atoms with Gasteiger partial charge in [0.1, 0.15) is 5.82 Å². The van der Waals surface area contributed by atoms with Crippen LogP contribution in [0.4, 0.5) is 4.39 Å². The van der Waals surface area contributed by atoms with Crippen molar-refractivity contribution >= 4 is 5.91 Å². The first kappa shape index (κ1) is 15.8. The highest BCUT2D eigenvalue weighted by Gasteiger charge is 2.12. The van der Waals surface area contributed by atoms with Crippen LogP contribution in [0.2, 0.25) is 0 Å². The molecule has 6 nitrogen and oxygen atoms in total. The molecule has 0 fully saturated rings. The van der Waals surface area contributed by atoms with Gasteiger partial charge in [-0.3, -0.25) is 4.79 Å². The lowest BCUT2D eigenvalue weighted by atomic mass is 10.1. The van der Waals surface area contributed by atoms with Crippen LogP contribution in [0.25, 0.3) is 5.69 Å². The number of amides is 1. The van der Waals surface area contributed by atoms with Crippen molar-refractivity contribution in [3.63, 3.8) is 0 Å². The average Bonchev–Trinajstić information content (AvgIpc) is 3.15. The SMILES string of the molecule is O=C(NCC(O)c1ccc(F)cc1)c1cccc(-n2ccnn2)c1. The van der Waals surface area contributed by atoms with E-state index in [0.717, 1.165) is 0 Å². The minimum Gasteiger partial charge on any atom is -0.387 e. The molecular formula is C17H15FN4O2. The van der Waals surface area contributed by atoms with E-state index in [-0.39, 0.29) is 18.3 Å². The maximum atomic E-state index is 12.9. The lowest BCUT2D eigenvalue weighted by molar-refractivity contribution is 0.0916. The van der Waals surface area contributed by atoms with Gasteiger partial charge in [-0.2, -0.15) is 0 Å². The van der Waals surface area contributed by atoms with Crippen molar-refractivity contribution < 1.29 is 14.3 Å². The summed E-state index contributed by atoms with van der Waals surface area (Å²) in [5.74, 6) is -0.696. The Morgan fingerprint density at radius 3 is 2.75 bits per heavy atom. The van der Waals surface area contributed by atoms with E-state index in [2.05, 4.69) is 15.6 Å². The molecule has 1 unspecified atom stereocenters. The highest BCUT2D eigenvalue weighted by Crippen LogP contribution is 2.13. The van der Waals surface area contributed by atoms with Crippen molar-refractivity contribution in [2.75, 3.05) is 6.54 Å². The number of hydrogen-bond acceptors (Lipinski definition) is 4. The number of benzene rings is 2. The molecule has 122 valence electrons. The quantitative estimate of drug-likeness (QED) is 0.750. The summed E-state index contributed by atoms with van der Waals surface area (Å²) in [4.78, 5) is 12.2. The van der Waals surface area contributed by atoms with E-state index in [1.54, 1.807) is 41.3 Å². The Morgan fingerprint density at radius 1 is 1.25 bits per heavy atom. The Balaban J connectivity index is 1.65. The zero-order valence-electron chi connectivity index (χ0n) is 12.6. The molecule has 3 rings (SSSR count). The van der Waals surface area contributed by atoms with E-state index in [0.29, 0.717) is 16.8 Å². The standard InChI is InChI=1S/C17H15FN4O2/c18-14-6-4-12(5-7-14)16(23)11-19-17(24)13-2-1-3-15(10-13)22-9-8-20-21-22/h1-10,16,23H,11H2,(H,19,24). The molecule has 0 aliphatic heterocycles. The molecule has 1 amide bonds. The third-order valence-electron chi connectivity index (χ3n) is 3.51. The molecule has 24 heavy (non-hydrogen) atoms. The van der Waals surface area contributed by atoms with Gasteiger partial charge in [-0.25, -0.2) is 9.07 Å². The van der Waals surface area contributed by atoms with Gasteiger partial charge < -0.3 is 10.4 Å². The molecule has 0 aliphatic rings. The van der Waals surface area contributed by atoms with Gasteiger partial charge in [0, 0.05) is 12.1 Å². The molecule has 0 radical (unpaired) electrons. The third-order valence-corrected chi connectivity index (χ3v) is 3.51. The van der Waals surface area contributed by atoms with Crippen molar-refractivity contribution in [3.05, 3.63) is 77.9 Å². The zero-order valence-corrected chi connectivity index (χ0v) is 12.6. The number of hydrogen-bond donors (Lipinski definition) is 2. The van der Waals surface area contributed by atoms with Crippen LogP contribution in [0.15, 0.2) is 60.9 Å². The first-order valence-corrected chi connectivity index (χ1v) is 7.32. The van der Waals surface area contributed by atoms with E-state index < -0.39 is 6.10 Å². The molecule has 1 atom stereocenters. The van der Waals surface area contributed by atoms with Crippen LogP contribution < -0.4 is 5.32 Å². The molecule has 1 aromatic heterocycles. The van der Waals surface area contributed by atoms with Gasteiger partial charge in [0.15, 0.2) is 0 Å². The number of aliphatic hydroxyl groups excluding tert-OH is 1. The second kappa shape index (κ2) is 7.01. The fraction of sp³-hybridized carbons (Fsp3) is 0.118. The molecule has 2 aromatic carbocycles. The largest absolute Gasteiger partial charge is 0.387 e. The number of aliphatic hydroxyl groups is 1. The first-order chi connectivity index (χ1) is 11.6. The summed E-state index contributed by atoms with van der Waals surface area (Å²) < 4.78 is 14.4. The Hall–Kier alpha value is -3.06. The molecule has 2 N–H and O–H groups in total. The Morgan fingerprint density at radius 2 is 2.04 bits per heavy atom. The number of carbonyl (C=O) groups excluding carboxylic acids is 1. The van der Waals surface area contributed by atoms with Crippen molar-refractivity contribution in [3.8, 4) is 5.69 Å². The van der Waals surface area contributed by atoms with Crippen LogP contribution in [0.1, 0.15) is 22.0 Å². The summed E-state index contributed by atoms with van der Waals surface area (Å²) in [6, 6.07) is 12.4. The maximum absolute atomic E-state index is 12.9. The summed E-state index contributed by atoms with van der Waals surface area (Å²) in [5, 5.41) is 20.3. The van der Waals surface area contributed by atoms with E-state index >= 15 is 0 Å². The predicted octanol–water partition coefficient (Wildman–Crippen LogP) is 1.87. The van der Waals surface area contributed by atoms with E-state index in [4.69, 9.17) is 0 Å². The normalized spacial score (nSPS) is 11.9. The smallest absolute Gasteiger partial charge is 0.251 e. The van der Waals surface area contributed by atoms with Crippen LogP contribution in [-0.4, -0.2) is 32.6 Å². The average molecular weight is 326 g/mol. The highest BCUT2D eigenvalue weighted by atomic mass is 19.1. The van der Waals surface area contributed by atoms with Gasteiger partial charge in [0.05, 0.1) is 24.2 Å². The minimum absolute atomic E-state index is 0.0258. The van der Waals surface area contributed by atoms with Gasteiger partial charge in [0.25, 0.3) is 5.91 Å². The summed E-state index contributed by atoms with van der Waals surface area (Å²) >= 11 is 0. The van der Waals surface area contributed by atoms with Gasteiger partial charge in [0.2, 0.25) is 0 Å². The molecule has 0 bridgehead atoms. The fourth-order valence-electron chi connectivity index (χ4n) is 2.23. The summed E-state index contributed by atoms with van der Waals surface area (Å²) in [6.45, 7) is 0.0258. The minimum atomic E-state index is -0.909. The lowest BCUT2D eigenvalue weighted by Gasteiger charge is -2.12. The second-order valence-electron chi connectivity index (χ2n) is 5.18. The number of nitrogens with zero attached hydrogens (tertiary/aromatic N) is 3. The molecule has 0 spiro atoms. The van der Waals surface area contributed by atoms with E-state index in [1.165, 1.54) is 24.3 Å². The highest BCUT2D eigenvalue weighted by molar-refractivity contribution is 5.94. The first-order valence-electron chi connectivity index (χ1n) is 7.32. The number of nitrogens with one attached hydrogen (secondary N) is 1. The van der Waals surface area contributed by atoms with Gasteiger partial charge in [-0.05, 0) is 35.9 Å². The topological polar surface area (TPSA) is 80.0 Å². The Bertz CT molecular complexity index is 819. The number of aromatic nitrogens is 3. The molecular weight excluding hydrogens is 311 g/mol. The van der Waals surface area contributed by atoms with Crippen LogP contribution in [0.5, 0.6) is 0 Å². The maximum Gasteiger partial charge on any atom is 0.251 e. The second-order valence-corrected chi connectivity index (χ2v) is 5.18. The van der Waals surface area contributed by atoms with Crippen LogP contribution in [-0.2, 0) is 0 Å². The lowest BCUT2D eigenvalue weighted by Crippen LogP contribution is -2.28.